The Bertz CT molecular complexity index is 823. The largest absolute Gasteiger partial charge is 0.350 e. The molecule has 0 fully saturated rings. The number of hydrogen-bond acceptors (Lipinski definition) is 4. The summed E-state index contributed by atoms with van der Waals surface area (Å²) >= 11 is 12.2. The van der Waals surface area contributed by atoms with Gasteiger partial charge in [-0.25, -0.2) is 9.97 Å². The predicted molar refractivity (Wildman–Crippen MR) is 105 cm³/mol. The standard InChI is InChI=1S/C19H20Cl2N4O/c20-14-7-4-8-15(17(14)21)24-19-23-12-10-16(25-19)18(26)22-11-9-13-5-2-1-3-6-13/h4-5,7-8,10,12H,1-3,6,9,11H2,(H,22,26)(H,23,24,25). The lowest BCUT2D eigenvalue weighted by Gasteiger charge is -2.13. The highest BCUT2D eigenvalue weighted by atomic mass is 35.5. The fourth-order valence-corrected chi connectivity index (χ4v) is 3.17. The number of anilines is 2. The molecule has 2 aromatic rings. The first kappa shape index (κ1) is 18.7. The molecule has 1 aromatic carbocycles. The number of nitrogens with one attached hydrogen (secondary N) is 2. The van der Waals surface area contributed by atoms with Crippen molar-refractivity contribution in [2.45, 2.75) is 32.1 Å². The number of amides is 1. The maximum absolute atomic E-state index is 12.3. The Morgan fingerprint density at radius 3 is 2.88 bits per heavy atom. The lowest BCUT2D eigenvalue weighted by atomic mass is 9.97. The molecular weight excluding hydrogens is 371 g/mol. The Labute approximate surface area is 162 Å². The number of allylic oxidation sites excluding steroid dienone is 1. The van der Waals surface area contributed by atoms with Gasteiger partial charge in [0.25, 0.3) is 5.91 Å². The first-order chi connectivity index (χ1) is 12.6. The van der Waals surface area contributed by atoms with Gasteiger partial charge in [-0.1, -0.05) is 40.9 Å². The second-order valence-corrected chi connectivity index (χ2v) is 6.89. The van der Waals surface area contributed by atoms with Gasteiger partial charge in [0.05, 0.1) is 15.7 Å². The van der Waals surface area contributed by atoms with Gasteiger partial charge >= 0.3 is 0 Å². The number of benzene rings is 1. The van der Waals surface area contributed by atoms with E-state index in [0.717, 1.165) is 19.3 Å². The van der Waals surface area contributed by atoms with Crippen LogP contribution >= 0.6 is 23.2 Å². The first-order valence-electron chi connectivity index (χ1n) is 8.63. The molecule has 0 saturated carbocycles. The van der Waals surface area contributed by atoms with Crippen LogP contribution in [0, 0.1) is 0 Å². The van der Waals surface area contributed by atoms with Gasteiger partial charge in [0.1, 0.15) is 5.69 Å². The van der Waals surface area contributed by atoms with Gasteiger partial charge in [-0.3, -0.25) is 4.79 Å². The van der Waals surface area contributed by atoms with Crippen molar-refractivity contribution >= 4 is 40.7 Å². The first-order valence-corrected chi connectivity index (χ1v) is 9.39. The van der Waals surface area contributed by atoms with E-state index in [1.54, 1.807) is 24.3 Å². The average Bonchev–Trinajstić information content (AvgIpc) is 2.66. The zero-order chi connectivity index (χ0) is 18.4. The zero-order valence-corrected chi connectivity index (χ0v) is 15.8. The molecule has 0 aliphatic heterocycles. The number of aromatic nitrogens is 2. The minimum atomic E-state index is -0.218. The van der Waals surface area contributed by atoms with Crippen molar-refractivity contribution in [1.82, 2.24) is 15.3 Å². The Kier molecular flexibility index (Phi) is 6.47. The highest BCUT2D eigenvalue weighted by Gasteiger charge is 2.11. The molecule has 0 saturated heterocycles. The Morgan fingerprint density at radius 1 is 1.19 bits per heavy atom. The van der Waals surface area contributed by atoms with Crippen molar-refractivity contribution in [2.75, 3.05) is 11.9 Å². The normalized spacial score (nSPS) is 13.8. The van der Waals surface area contributed by atoms with Crippen molar-refractivity contribution in [1.29, 1.82) is 0 Å². The monoisotopic (exact) mass is 390 g/mol. The highest BCUT2D eigenvalue weighted by molar-refractivity contribution is 6.43. The molecule has 26 heavy (non-hydrogen) atoms. The Morgan fingerprint density at radius 2 is 2.08 bits per heavy atom. The number of halogens is 2. The molecule has 1 heterocycles. The third kappa shape index (κ3) is 4.96. The summed E-state index contributed by atoms with van der Waals surface area (Å²) in [5.74, 6) is 0.0702. The van der Waals surface area contributed by atoms with Gasteiger partial charge < -0.3 is 10.6 Å². The smallest absolute Gasteiger partial charge is 0.270 e. The van der Waals surface area contributed by atoms with Crippen LogP contribution in [0.25, 0.3) is 0 Å². The number of rotatable bonds is 6. The van der Waals surface area contributed by atoms with Crippen LogP contribution in [0.5, 0.6) is 0 Å². The van der Waals surface area contributed by atoms with Gasteiger partial charge in [0.2, 0.25) is 5.95 Å². The maximum atomic E-state index is 12.3. The van der Waals surface area contributed by atoms with Crippen molar-refractivity contribution < 1.29 is 4.79 Å². The molecule has 5 nitrogen and oxygen atoms in total. The summed E-state index contributed by atoms with van der Waals surface area (Å²) in [7, 11) is 0. The van der Waals surface area contributed by atoms with Crippen LogP contribution in [0.15, 0.2) is 42.1 Å². The molecule has 1 aliphatic rings. The molecule has 0 atom stereocenters. The van der Waals surface area contributed by atoms with E-state index in [4.69, 9.17) is 23.2 Å². The lowest BCUT2D eigenvalue weighted by Crippen LogP contribution is -2.26. The minimum absolute atomic E-state index is 0.218. The molecule has 136 valence electrons. The topological polar surface area (TPSA) is 66.9 Å². The summed E-state index contributed by atoms with van der Waals surface area (Å²) in [5, 5.41) is 6.72. The molecule has 0 spiro atoms. The zero-order valence-electron chi connectivity index (χ0n) is 14.3. The number of hydrogen-bond donors (Lipinski definition) is 2. The van der Waals surface area contributed by atoms with E-state index in [-0.39, 0.29) is 11.9 Å². The van der Waals surface area contributed by atoms with Gasteiger partial charge in [-0.2, -0.15) is 0 Å². The van der Waals surface area contributed by atoms with E-state index in [1.807, 2.05) is 0 Å². The van der Waals surface area contributed by atoms with Crippen molar-refractivity contribution in [2.24, 2.45) is 0 Å². The molecule has 1 aromatic heterocycles. The van der Waals surface area contributed by atoms with Gasteiger partial charge in [-0.15, -0.1) is 0 Å². The lowest BCUT2D eigenvalue weighted by molar-refractivity contribution is 0.0949. The quantitative estimate of drug-likeness (QED) is 0.669. The van der Waals surface area contributed by atoms with Gasteiger partial charge in [0, 0.05) is 12.7 Å². The molecule has 3 rings (SSSR count). The van der Waals surface area contributed by atoms with Crippen LogP contribution in [0.1, 0.15) is 42.6 Å². The number of carbonyl (C=O) groups excluding carboxylic acids is 1. The van der Waals surface area contributed by atoms with Gasteiger partial charge in [0.15, 0.2) is 0 Å². The molecule has 2 N–H and O–H groups in total. The van der Waals surface area contributed by atoms with E-state index in [2.05, 4.69) is 26.7 Å². The molecular formula is C19H20Cl2N4O. The molecule has 0 bridgehead atoms. The van der Waals surface area contributed by atoms with Crippen LogP contribution < -0.4 is 10.6 Å². The predicted octanol–water partition coefficient (Wildman–Crippen LogP) is 5.15. The second kappa shape index (κ2) is 9.01. The Balaban J connectivity index is 1.60. The average molecular weight is 391 g/mol. The van der Waals surface area contributed by atoms with Crippen LogP contribution in [0.4, 0.5) is 11.6 Å². The molecule has 1 aliphatic carbocycles. The van der Waals surface area contributed by atoms with Crippen LogP contribution in [-0.2, 0) is 0 Å². The highest BCUT2D eigenvalue weighted by Crippen LogP contribution is 2.30. The maximum Gasteiger partial charge on any atom is 0.270 e. The molecule has 1 amide bonds. The minimum Gasteiger partial charge on any atom is -0.350 e. The summed E-state index contributed by atoms with van der Waals surface area (Å²) in [4.78, 5) is 20.7. The summed E-state index contributed by atoms with van der Waals surface area (Å²) in [5.41, 5.74) is 2.32. The SMILES string of the molecule is O=C(NCCC1=CCCCC1)c1ccnc(Nc2cccc(Cl)c2Cl)n1. The molecule has 7 heteroatoms. The van der Waals surface area contributed by atoms with E-state index in [0.29, 0.717) is 28.0 Å². The van der Waals surface area contributed by atoms with E-state index in [1.165, 1.54) is 24.6 Å². The second-order valence-electron chi connectivity index (χ2n) is 6.11. The van der Waals surface area contributed by atoms with Crippen LogP contribution in [-0.4, -0.2) is 22.4 Å². The summed E-state index contributed by atoms with van der Waals surface area (Å²) in [6.07, 6.45) is 9.51. The van der Waals surface area contributed by atoms with Gasteiger partial charge in [-0.05, 0) is 50.3 Å². The van der Waals surface area contributed by atoms with Crippen molar-refractivity contribution in [3.8, 4) is 0 Å². The van der Waals surface area contributed by atoms with Crippen molar-refractivity contribution in [3.63, 3.8) is 0 Å². The van der Waals surface area contributed by atoms with E-state index < -0.39 is 0 Å². The molecule has 0 unspecified atom stereocenters. The Hall–Kier alpha value is -2.11. The fourth-order valence-electron chi connectivity index (χ4n) is 2.83. The third-order valence-electron chi connectivity index (χ3n) is 4.20. The summed E-state index contributed by atoms with van der Waals surface area (Å²) < 4.78 is 0. The van der Waals surface area contributed by atoms with E-state index in [9.17, 15) is 4.79 Å². The van der Waals surface area contributed by atoms with Crippen LogP contribution in [0.2, 0.25) is 10.0 Å². The van der Waals surface area contributed by atoms with Crippen LogP contribution in [0.3, 0.4) is 0 Å². The van der Waals surface area contributed by atoms with E-state index >= 15 is 0 Å². The summed E-state index contributed by atoms with van der Waals surface area (Å²) in [6, 6.07) is 6.82. The molecule has 0 radical (unpaired) electrons. The number of carbonyl (C=O) groups is 1. The third-order valence-corrected chi connectivity index (χ3v) is 5.02. The number of nitrogens with zero attached hydrogens (tertiary/aromatic N) is 2. The van der Waals surface area contributed by atoms with Crippen molar-refractivity contribution in [3.05, 3.63) is 57.9 Å². The summed E-state index contributed by atoms with van der Waals surface area (Å²) in [6.45, 7) is 0.609. The fraction of sp³-hybridized carbons (Fsp3) is 0.316.